The van der Waals surface area contributed by atoms with Crippen LogP contribution < -0.4 is 0 Å². The highest BCUT2D eigenvalue weighted by Gasteiger charge is 2.54. The van der Waals surface area contributed by atoms with Gasteiger partial charge >= 0.3 is 0 Å². The van der Waals surface area contributed by atoms with Crippen molar-refractivity contribution in [3.63, 3.8) is 0 Å². The number of rotatable bonds is 1. The molecule has 0 N–H and O–H groups in total. The van der Waals surface area contributed by atoms with Crippen LogP contribution in [0, 0.1) is 0 Å². The number of hydrogen-bond donors (Lipinski definition) is 0. The monoisotopic (exact) mass is 150 g/mol. The zero-order chi connectivity index (χ0) is 7.28. The lowest BCUT2D eigenvalue weighted by atomic mass is 10.3. The molecule has 1 heterocycles. The van der Waals surface area contributed by atoms with Gasteiger partial charge in [0.2, 0.25) is 0 Å². The lowest BCUT2D eigenvalue weighted by molar-refractivity contribution is 0.337. The fourth-order valence-electron chi connectivity index (χ4n) is 0.845. The summed E-state index contributed by atoms with van der Waals surface area (Å²) in [5, 5.41) is 0. The van der Waals surface area contributed by atoms with Gasteiger partial charge in [0.15, 0.2) is 15.3 Å². The Labute approximate surface area is 54.9 Å². The van der Waals surface area contributed by atoms with Gasteiger partial charge in [0.05, 0.1) is 0 Å². The van der Waals surface area contributed by atoms with Crippen molar-refractivity contribution < 1.29 is 13.2 Å². The van der Waals surface area contributed by atoms with Crippen molar-refractivity contribution in [2.45, 2.75) is 24.9 Å². The van der Waals surface area contributed by atoms with E-state index in [1.54, 1.807) is 13.8 Å². The molecule has 0 aromatic heterocycles. The summed E-state index contributed by atoms with van der Waals surface area (Å²) in [7, 11) is -2.96. The zero-order valence-electron chi connectivity index (χ0n) is 5.71. The molecular weight excluding hydrogens is 140 g/mol. The van der Waals surface area contributed by atoms with Gasteiger partial charge in [-0.1, -0.05) is 0 Å². The molecule has 9 heavy (non-hydrogen) atoms. The topological polar surface area (TPSA) is 46.7 Å². The third-order valence-corrected chi connectivity index (χ3v) is 2.75. The van der Waals surface area contributed by atoms with Gasteiger partial charge in [0.1, 0.15) is 5.60 Å². The van der Waals surface area contributed by atoms with Crippen molar-refractivity contribution in [2.24, 2.45) is 0 Å². The molecular formula is C5H10O3S. The smallest absolute Gasteiger partial charge is 0.187 e. The molecule has 54 valence electrons. The highest BCUT2D eigenvalue weighted by atomic mass is 32.2. The summed E-state index contributed by atoms with van der Waals surface area (Å²) >= 11 is 0. The molecule has 1 aliphatic heterocycles. The van der Waals surface area contributed by atoms with E-state index >= 15 is 0 Å². The SMILES string of the molecule is CC1(C)OC1S(C)(=O)=O. The van der Waals surface area contributed by atoms with E-state index < -0.39 is 20.9 Å². The Hall–Kier alpha value is -0.0900. The standard InChI is InChI=1S/C5H10O3S/c1-5(2)4(8-5)9(3,6)7/h4H,1-3H3. The average molecular weight is 150 g/mol. The van der Waals surface area contributed by atoms with E-state index in [9.17, 15) is 8.42 Å². The summed E-state index contributed by atoms with van der Waals surface area (Å²) in [5.74, 6) is 0. The number of epoxide rings is 1. The van der Waals surface area contributed by atoms with E-state index in [0.717, 1.165) is 0 Å². The van der Waals surface area contributed by atoms with Gasteiger partial charge in [-0.3, -0.25) is 0 Å². The Bertz CT molecular complexity index is 214. The maximum Gasteiger partial charge on any atom is 0.187 e. The first-order chi connectivity index (χ1) is 3.84. The predicted molar refractivity (Wildman–Crippen MR) is 33.8 cm³/mol. The Morgan fingerprint density at radius 1 is 1.44 bits per heavy atom. The summed E-state index contributed by atoms with van der Waals surface area (Å²) in [6.45, 7) is 3.53. The average Bonchev–Trinajstić information content (AvgIpc) is 2.10. The molecule has 0 aromatic rings. The molecule has 0 aliphatic carbocycles. The second-order valence-electron chi connectivity index (χ2n) is 2.88. The van der Waals surface area contributed by atoms with E-state index in [4.69, 9.17) is 4.74 Å². The van der Waals surface area contributed by atoms with Crippen LogP contribution in [-0.4, -0.2) is 25.7 Å². The zero-order valence-corrected chi connectivity index (χ0v) is 6.53. The number of hydrogen-bond acceptors (Lipinski definition) is 3. The maximum absolute atomic E-state index is 10.7. The number of ether oxygens (including phenoxy) is 1. The highest BCUT2D eigenvalue weighted by molar-refractivity contribution is 7.91. The van der Waals surface area contributed by atoms with E-state index in [0.29, 0.717) is 0 Å². The first-order valence-electron chi connectivity index (χ1n) is 2.71. The van der Waals surface area contributed by atoms with Gasteiger partial charge in [-0.15, -0.1) is 0 Å². The molecule has 1 saturated heterocycles. The van der Waals surface area contributed by atoms with Gasteiger partial charge in [-0.2, -0.15) is 0 Å². The first-order valence-corrected chi connectivity index (χ1v) is 4.66. The van der Waals surface area contributed by atoms with Crippen LogP contribution in [0.5, 0.6) is 0 Å². The van der Waals surface area contributed by atoms with Crippen molar-refractivity contribution >= 4 is 9.84 Å². The predicted octanol–water partition coefficient (Wildman–Crippen LogP) is 0.166. The Morgan fingerprint density at radius 3 is 1.78 bits per heavy atom. The maximum atomic E-state index is 10.7. The second-order valence-corrected chi connectivity index (χ2v) is 4.97. The molecule has 1 unspecified atom stereocenters. The highest BCUT2D eigenvalue weighted by Crippen LogP contribution is 2.38. The van der Waals surface area contributed by atoms with Crippen molar-refractivity contribution in [3.8, 4) is 0 Å². The molecule has 1 aliphatic rings. The fourth-order valence-corrected chi connectivity index (χ4v) is 2.30. The summed E-state index contributed by atoms with van der Waals surface area (Å²) < 4.78 is 26.2. The van der Waals surface area contributed by atoms with Crippen LogP contribution in [0.1, 0.15) is 13.8 Å². The summed E-state index contributed by atoms with van der Waals surface area (Å²) in [6, 6.07) is 0. The second kappa shape index (κ2) is 1.49. The van der Waals surface area contributed by atoms with Crippen LogP contribution in [0.2, 0.25) is 0 Å². The summed E-state index contributed by atoms with van der Waals surface area (Å²) in [5.41, 5.74) is -1.00. The van der Waals surface area contributed by atoms with Crippen molar-refractivity contribution in [3.05, 3.63) is 0 Å². The van der Waals surface area contributed by atoms with Crippen LogP contribution in [0.15, 0.2) is 0 Å². The van der Waals surface area contributed by atoms with Crippen LogP contribution in [-0.2, 0) is 14.6 Å². The molecule has 3 nitrogen and oxygen atoms in total. The lowest BCUT2D eigenvalue weighted by Crippen LogP contribution is -2.12. The largest absolute Gasteiger partial charge is 0.350 e. The minimum Gasteiger partial charge on any atom is -0.350 e. The minimum absolute atomic E-state index is 0.437. The van der Waals surface area contributed by atoms with Crippen LogP contribution in [0.25, 0.3) is 0 Å². The third-order valence-electron chi connectivity index (χ3n) is 1.31. The van der Waals surface area contributed by atoms with E-state index in [2.05, 4.69) is 0 Å². The van der Waals surface area contributed by atoms with Crippen LogP contribution in [0.4, 0.5) is 0 Å². The summed E-state index contributed by atoms with van der Waals surface area (Å²) in [4.78, 5) is 0. The van der Waals surface area contributed by atoms with Gasteiger partial charge in [-0.05, 0) is 13.8 Å². The molecule has 0 amide bonds. The molecule has 1 atom stereocenters. The Kier molecular flexibility index (Phi) is 1.16. The lowest BCUT2D eigenvalue weighted by Gasteiger charge is -1.90. The Balaban J connectivity index is 2.75. The van der Waals surface area contributed by atoms with E-state index in [-0.39, 0.29) is 0 Å². The molecule has 1 fully saturated rings. The van der Waals surface area contributed by atoms with Gasteiger partial charge in [0, 0.05) is 6.26 Å². The van der Waals surface area contributed by atoms with Gasteiger partial charge in [-0.25, -0.2) is 8.42 Å². The molecule has 0 saturated carbocycles. The molecule has 0 radical (unpaired) electrons. The van der Waals surface area contributed by atoms with E-state index in [1.807, 2.05) is 0 Å². The van der Waals surface area contributed by atoms with E-state index in [1.165, 1.54) is 6.26 Å². The van der Waals surface area contributed by atoms with Gasteiger partial charge < -0.3 is 4.74 Å². The third kappa shape index (κ3) is 1.24. The fraction of sp³-hybridized carbons (Fsp3) is 1.00. The summed E-state index contributed by atoms with van der Waals surface area (Å²) in [6.07, 6.45) is 1.19. The van der Waals surface area contributed by atoms with Crippen molar-refractivity contribution in [1.82, 2.24) is 0 Å². The van der Waals surface area contributed by atoms with Crippen LogP contribution >= 0.6 is 0 Å². The van der Waals surface area contributed by atoms with Crippen molar-refractivity contribution in [2.75, 3.05) is 6.26 Å². The van der Waals surface area contributed by atoms with Crippen LogP contribution in [0.3, 0.4) is 0 Å². The number of sulfone groups is 1. The molecule has 4 heteroatoms. The Morgan fingerprint density at radius 2 is 1.78 bits per heavy atom. The molecule has 0 bridgehead atoms. The van der Waals surface area contributed by atoms with Crippen molar-refractivity contribution in [1.29, 1.82) is 0 Å². The quantitative estimate of drug-likeness (QED) is 0.500. The molecule has 1 rings (SSSR count). The molecule has 0 spiro atoms. The normalized spacial score (nSPS) is 32.1. The minimum atomic E-state index is -2.96. The molecule has 0 aromatic carbocycles. The van der Waals surface area contributed by atoms with Gasteiger partial charge in [0.25, 0.3) is 0 Å². The first kappa shape index (κ1) is 7.02.